The molecule has 0 aromatic rings. The van der Waals surface area contributed by atoms with E-state index < -0.39 is 5.97 Å². The quantitative estimate of drug-likeness (QED) is 0.271. The molecule has 0 atom stereocenters. The summed E-state index contributed by atoms with van der Waals surface area (Å²) in [4.78, 5) is 10.3. The first-order valence-corrected chi connectivity index (χ1v) is 9.36. The van der Waals surface area contributed by atoms with Crippen molar-refractivity contribution in [3.05, 3.63) is 12.2 Å². The van der Waals surface area contributed by atoms with Gasteiger partial charge in [-0.05, 0) is 32.1 Å². The van der Waals surface area contributed by atoms with E-state index in [4.69, 9.17) is 10.4 Å². The van der Waals surface area contributed by atoms with Crippen molar-refractivity contribution in [3.63, 3.8) is 0 Å². The van der Waals surface area contributed by atoms with Crippen LogP contribution >= 0.6 is 0 Å². The number of carbonyl (C=O) groups is 1. The predicted octanol–water partition coefficient (Wildman–Crippen LogP) is 6.64. The predicted molar refractivity (Wildman–Crippen MR) is 98.4 cm³/mol. The molecule has 23 heavy (non-hydrogen) atoms. The van der Waals surface area contributed by atoms with Gasteiger partial charge in [0.05, 0.1) is 6.07 Å². The Labute approximate surface area is 143 Å². The van der Waals surface area contributed by atoms with Crippen molar-refractivity contribution in [1.82, 2.24) is 0 Å². The summed E-state index contributed by atoms with van der Waals surface area (Å²) in [7, 11) is 0. The number of carboxylic acids is 1. The summed E-state index contributed by atoms with van der Waals surface area (Å²) in [6.07, 6.45) is 21.2. The van der Waals surface area contributed by atoms with Crippen LogP contribution in [-0.2, 0) is 4.79 Å². The zero-order valence-electron chi connectivity index (χ0n) is 15.4. The van der Waals surface area contributed by atoms with Gasteiger partial charge in [-0.25, -0.2) is 0 Å². The maximum Gasteiger partial charge on any atom is 0.303 e. The van der Waals surface area contributed by atoms with Crippen LogP contribution in [0.2, 0.25) is 0 Å². The molecule has 0 rings (SSSR count). The number of allylic oxidation sites excluding steroid dienone is 2. The van der Waals surface area contributed by atoms with Crippen LogP contribution in [0, 0.1) is 11.3 Å². The Hall–Kier alpha value is -1.30. The molecule has 0 saturated heterocycles. The normalized spacial score (nSPS) is 10.1. The Balaban J connectivity index is 0. The highest BCUT2D eigenvalue weighted by molar-refractivity contribution is 5.66. The lowest BCUT2D eigenvalue weighted by atomic mass is 10.1. The Bertz CT molecular complexity index is 305. The molecule has 1 N–H and O–H groups in total. The summed E-state index contributed by atoms with van der Waals surface area (Å²) in [5.41, 5.74) is 0. The van der Waals surface area contributed by atoms with Gasteiger partial charge >= 0.3 is 5.97 Å². The van der Waals surface area contributed by atoms with Crippen LogP contribution in [0.15, 0.2) is 12.2 Å². The number of nitrogens with zero attached hydrogens (tertiary/aromatic N) is 1. The standard InChI is InChI=1S/C18H34O2.C2H3N/c1-2-3-4-5-6-7-8-9-10-11-12-13-14-15-16-17-18(19)20;1-2-3/h9-10H,2-8,11-17H2,1H3,(H,19,20);1H3. The molecule has 0 radical (unpaired) electrons. The number of unbranched alkanes of at least 4 members (excludes halogenated alkanes) is 11. The highest BCUT2D eigenvalue weighted by Gasteiger charge is 1.95. The zero-order chi connectivity index (χ0) is 17.6. The van der Waals surface area contributed by atoms with Gasteiger partial charge in [-0.1, -0.05) is 70.4 Å². The number of hydrogen-bond donors (Lipinski definition) is 1. The average Bonchev–Trinajstić information content (AvgIpc) is 2.51. The summed E-state index contributed by atoms with van der Waals surface area (Å²) in [6.45, 7) is 3.69. The summed E-state index contributed by atoms with van der Waals surface area (Å²) < 4.78 is 0. The second-order valence-corrected chi connectivity index (χ2v) is 5.95. The Morgan fingerprint density at radius 1 is 0.870 bits per heavy atom. The van der Waals surface area contributed by atoms with E-state index >= 15 is 0 Å². The van der Waals surface area contributed by atoms with Gasteiger partial charge in [-0.3, -0.25) is 4.79 Å². The summed E-state index contributed by atoms with van der Waals surface area (Å²) in [6, 6.07) is 1.75. The molecule has 134 valence electrons. The fourth-order valence-electron chi connectivity index (χ4n) is 2.35. The third kappa shape index (κ3) is 29.4. The van der Waals surface area contributed by atoms with E-state index in [2.05, 4.69) is 19.1 Å². The highest BCUT2D eigenvalue weighted by Crippen LogP contribution is 2.09. The Morgan fingerprint density at radius 2 is 1.26 bits per heavy atom. The number of carboxylic acid groups (broad SMARTS) is 1. The monoisotopic (exact) mass is 323 g/mol. The topological polar surface area (TPSA) is 61.1 Å². The molecule has 0 aliphatic rings. The van der Waals surface area contributed by atoms with Crippen molar-refractivity contribution in [2.24, 2.45) is 0 Å². The molecule has 0 aliphatic carbocycles. The van der Waals surface area contributed by atoms with Crippen molar-refractivity contribution in [2.45, 2.75) is 104 Å². The Kier molecular flexibility index (Phi) is 23.9. The second-order valence-electron chi connectivity index (χ2n) is 5.95. The van der Waals surface area contributed by atoms with E-state index in [1.165, 1.54) is 77.6 Å². The molecular formula is C20H37NO2. The van der Waals surface area contributed by atoms with Gasteiger partial charge < -0.3 is 5.11 Å². The maximum atomic E-state index is 10.3. The molecular weight excluding hydrogens is 286 g/mol. The molecule has 3 nitrogen and oxygen atoms in total. The van der Waals surface area contributed by atoms with Crippen molar-refractivity contribution in [3.8, 4) is 6.07 Å². The van der Waals surface area contributed by atoms with Gasteiger partial charge in [0.2, 0.25) is 0 Å². The first kappa shape index (κ1) is 24.0. The molecule has 0 heterocycles. The van der Waals surface area contributed by atoms with E-state index in [0.29, 0.717) is 6.42 Å². The van der Waals surface area contributed by atoms with E-state index in [0.717, 1.165) is 12.8 Å². The first-order chi connectivity index (χ1) is 11.2. The fourth-order valence-corrected chi connectivity index (χ4v) is 2.35. The van der Waals surface area contributed by atoms with Crippen LogP contribution in [0.4, 0.5) is 0 Å². The molecule has 0 aliphatic heterocycles. The summed E-state index contributed by atoms with van der Waals surface area (Å²) in [5, 5.41) is 15.8. The van der Waals surface area contributed by atoms with Crippen LogP contribution in [0.3, 0.4) is 0 Å². The lowest BCUT2D eigenvalue weighted by Gasteiger charge is -1.99. The van der Waals surface area contributed by atoms with Crippen molar-refractivity contribution in [2.75, 3.05) is 0 Å². The highest BCUT2D eigenvalue weighted by atomic mass is 16.4. The largest absolute Gasteiger partial charge is 0.481 e. The maximum absolute atomic E-state index is 10.3. The van der Waals surface area contributed by atoms with E-state index in [-0.39, 0.29) is 0 Å². The Morgan fingerprint density at radius 3 is 1.70 bits per heavy atom. The van der Waals surface area contributed by atoms with Crippen LogP contribution in [0.1, 0.15) is 104 Å². The molecule has 0 aromatic heterocycles. The minimum absolute atomic E-state index is 0.332. The van der Waals surface area contributed by atoms with Gasteiger partial charge in [-0.2, -0.15) is 5.26 Å². The molecule has 0 unspecified atom stereocenters. The minimum Gasteiger partial charge on any atom is -0.481 e. The minimum atomic E-state index is -0.664. The number of rotatable bonds is 15. The van der Waals surface area contributed by atoms with Crippen molar-refractivity contribution < 1.29 is 9.90 Å². The third-order valence-corrected chi connectivity index (χ3v) is 3.65. The van der Waals surface area contributed by atoms with E-state index in [1.807, 2.05) is 0 Å². The molecule has 0 spiro atoms. The van der Waals surface area contributed by atoms with Crippen molar-refractivity contribution >= 4 is 5.97 Å². The van der Waals surface area contributed by atoms with E-state index in [9.17, 15) is 4.79 Å². The lowest BCUT2D eigenvalue weighted by molar-refractivity contribution is -0.137. The summed E-state index contributed by atoms with van der Waals surface area (Å²) >= 11 is 0. The molecule has 0 saturated carbocycles. The lowest BCUT2D eigenvalue weighted by Crippen LogP contribution is -1.93. The molecule has 0 amide bonds. The number of aliphatic carboxylic acids is 1. The van der Waals surface area contributed by atoms with Crippen LogP contribution in [-0.4, -0.2) is 11.1 Å². The number of nitriles is 1. The van der Waals surface area contributed by atoms with E-state index in [1.54, 1.807) is 6.07 Å². The van der Waals surface area contributed by atoms with Crippen LogP contribution < -0.4 is 0 Å². The van der Waals surface area contributed by atoms with Gasteiger partial charge in [0, 0.05) is 13.3 Å². The van der Waals surface area contributed by atoms with Crippen molar-refractivity contribution in [1.29, 1.82) is 5.26 Å². The summed E-state index contributed by atoms with van der Waals surface area (Å²) in [5.74, 6) is -0.664. The fraction of sp³-hybridized carbons (Fsp3) is 0.800. The molecule has 0 fully saturated rings. The van der Waals surface area contributed by atoms with Gasteiger partial charge in [0.1, 0.15) is 0 Å². The first-order valence-electron chi connectivity index (χ1n) is 9.36. The number of hydrogen-bond acceptors (Lipinski definition) is 2. The average molecular weight is 324 g/mol. The second kappa shape index (κ2) is 23.0. The van der Waals surface area contributed by atoms with Crippen LogP contribution in [0.25, 0.3) is 0 Å². The smallest absolute Gasteiger partial charge is 0.303 e. The third-order valence-electron chi connectivity index (χ3n) is 3.65. The van der Waals surface area contributed by atoms with Gasteiger partial charge in [-0.15, -0.1) is 0 Å². The van der Waals surface area contributed by atoms with Gasteiger partial charge in [0.25, 0.3) is 0 Å². The molecule has 3 heteroatoms. The SMILES string of the molecule is CC#N.CCCCCCCCC=CCCCCCCCC(=O)O. The zero-order valence-corrected chi connectivity index (χ0v) is 15.4. The molecule has 0 aromatic carbocycles. The molecule has 0 bridgehead atoms. The van der Waals surface area contributed by atoms with Crippen LogP contribution in [0.5, 0.6) is 0 Å². The van der Waals surface area contributed by atoms with Gasteiger partial charge in [0.15, 0.2) is 0 Å².